The summed E-state index contributed by atoms with van der Waals surface area (Å²) in [6, 6.07) is 0. The highest BCUT2D eigenvalue weighted by Crippen LogP contribution is 2.13. The normalized spacial score (nSPS) is 11.9. The summed E-state index contributed by atoms with van der Waals surface area (Å²) in [6.45, 7) is 11.9. The number of hydrogen-bond donors (Lipinski definition) is 1. The van der Waals surface area contributed by atoms with Gasteiger partial charge in [0, 0.05) is 5.97 Å². The van der Waals surface area contributed by atoms with E-state index in [1.165, 1.54) is 19.3 Å². The van der Waals surface area contributed by atoms with Crippen LogP contribution in [0.5, 0.6) is 0 Å². The van der Waals surface area contributed by atoms with E-state index in [1.807, 2.05) is 0 Å². The molecule has 0 aromatic rings. The molecule has 0 heterocycles. The Labute approximate surface area is 135 Å². The number of aliphatic hydroxyl groups excluding tert-OH is 1. The van der Waals surface area contributed by atoms with Crippen LogP contribution < -0.4 is 17.5 Å². The number of carboxylic acids is 1. The third kappa shape index (κ3) is 14.4. The van der Waals surface area contributed by atoms with Gasteiger partial charge in [0.05, 0.1) is 25.5 Å². The first-order valence-corrected chi connectivity index (χ1v) is 7.67. The number of carbonyl (C=O) groups is 1. The number of quaternary nitrogens is 1. The van der Waals surface area contributed by atoms with Crippen molar-refractivity contribution in [1.29, 1.82) is 0 Å². The van der Waals surface area contributed by atoms with Gasteiger partial charge in [-0.05, 0) is 26.2 Å². The fourth-order valence-electron chi connectivity index (χ4n) is 2.53. The van der Waals surface area contributed by atoms with Crippen molar-refractivity contribution in [3.63, 3.8) is 0 Å². The van der Waals surface area contributed by atoms with Gasteiger partial charge in [0.2, 0.25) is 0 Å². The Bertz CT molecular complexity index is 207. The molecule has 1 atom stereocenters. The van der Waals surface area contributed by atoms with Crippen LogP contribution in [0.2, 0.25) is 0 Å². The minimum Gasteiger partial charge on any atom is -1.00 e. The quantitative estimate of drug-likeness (QED) is 0.409. The highest BCUT2D eigenvalue weighted by atomic mass is 35.5. The standard InChI is InChI=1S/C12H27ClNO.C2H4O2.ClH/c1-4-7-14(8-5-2,9-6-3)11-12(15)10-13;1-2(3)4;/h12,15H,4-11H2,1-3H3;1H3,(H,3,4);1H/q+1;;/p-2. The lowest BCUT2D eigenvalue weighted by atomic mass is 10.2. The van der Waals surface area contributed by atoms with Crippen molar-refractivity contribution >= 4 is 17.6 Å². The predicted molar refractivity (Wildman–Crippen MR) is 78.0 cm³/mol. The lowest BCUT2D eigenvalue weighted by molar-refractivity contribution is -0.930. The number of hydrogen-bond acceptors (Lipinski definition) is 3. The lowest BCUT2D eigenvalue weighted by Crippen LogP contribution is -3.00. The van der Waals surface area contributed by atoms with Crippen LogP contribution in [0.3, 0.4) is 0 Å². The summed E-state index contributed by atoms with van der Waals surface area (Å²) < 4.78 is 1.04. The molecule has 6 heteroatoms. The van der Waals surface area contributed by atoms with Gasteiger partial charge in [-0.1, -0.05) is 20.8 Å². The van der Waals surface area contributed by atoms with Crippen LogP contribution in [0.25, 0.3) is 0 Å². The van der Waals surface area contributed by atoms with Crippen molar-refractivity contribution in [2.75, 3.05) is 32.1 Å². The van der Waals surface area contributed by atoms with Gasteiger partial charge in [0.25, 0.3) is 0 Å². The zero-order chi connectivity index (χ0) is 15.3. The summed E-state index contributed by atoms with van der Waals surface area (Å²) in [5.41, 5.74) is 0. The monoisotopic (exact) mass is 330 g/mol. The van der Waals surface area contributed by atoms with Gasteiger partial charge in [-0.15, -0.1) is 11.6 Å². The smallest absolute Gasteiger partial charge is 0.116 e. The Hall–Kier alpha value is -0.0300. The first-order chi connectivity index (χ1) is 8.87. The predicted octanol–water partition coefficient (Wildman–Crippen LogP) is -1.61. The van der Waals surface area contributed by atoms with Crippen LogP contribution in [0.1, 0.15) is 47.0 Å². The average molecular weight is 331 g/mol. The lowest BCUT2D eigenvalue weighted by Gasteiger charge is -2.39. The number of carboxylic acid groups (broad SMARTS) is 1. The van der Waals surface area contributed by atoms with E-state index in [2.05, 4.69) is 20.8 Å². The molecule has 0 saturated carbocycles. The van der Waals surface area contributed by atoms with Gasteiger partial charge >= 0.3 is 0 Å². The number of aliphatic carboxylic acids is 1. The first kappa shape index (κ1) is 25.0. The molecular formula is C14H30Cl2NO3-. The van der Waals surface area contributed by atoms with Crippen molar-refractivity contribution in [1.82, 2.24) is 0 Å². The second-order valence-electron chi connectivity index (χ2n) is 4.99. The molecule has 0 aliphatic rings. The summed E-state index contributed by atoms with van der Waals surface area (Å²) in [6.07, 6.45) is 3.18. The van der Waals surface area contributed by atoms with Gasteiger partial charge in [-0.3, -0.25) is 0 Å². The van der Waals surface area contributed by atoms with Crippen LogP contribution in [0.15, 0.2) is 0 Å². The molecule has 0 fully saturated rings. The fraction of sp³-hybridized carbons (Fsp3) is 0.929. The summed E-state index contributed by atoms with van der Waals surface area (Å²) in [7, 11) is 0. The molecule has 0 radical (unpaired) electrons. The number of carbonyl (C=O) groups excluding carboxylic acids is 1. The molecule has 0 saturated heterocycles. The second-order valence-corrected chi connectivity index (χ2v) is 5.30. The van der Waals surface area contributed by atoms with Crippen LogP contribution in [-0.2, 0) is 4.79 Å². The minimum absolute atomic E-state index is 0. The van der Waals surface area contributed by atoms with Crippen LogP contribution in [0.4, 0.5) is 0 Å². The summed E-state index contributed by atoms with van der Waals surface area (Å²) in [4.78, 5) is 8.89. The Morgan fingerprint density at radius 3 is 1.65 bits per heavy atom. The highest BCUT2D eigenvalue weighted by Gasteiger charge is 2.27. The topological polar surface area (TPSA) is 60.4 Å². The largest absolute Gasteiger partial charge is 1.00 e. The van der Waals surface area contributed by atoms with Crippen LogP contribution >= 0.6 is 11.6 Å². The van der Waals surface area contributed by atoms with Gasteiger partial charge in [0.1, 0.15) is 12.6 Å². The molecule has 1 unspecified atom stereocenters. The van der Waals surface area contributed by atoms with Gasteiger partial charge in [-0.25, -0.2) is 0 Å². The summed E-state index contributed by atoms with van der Waals surface area (Å²) in [5.74, 6) is -0.725. The van der Waals surface area contributed by atoms with E-state index < -0.39 is 5.97 Å². The third-order valence-electron chi connectivity index (χ3n) is 2.87. The molecule has 0 amide bonds. The number of halogens is 2. The molecule has 0 aromatic carbocycles. The fourth-order valence-corrected chi connectivity index (χ4v) is 2.63. The maximum Gasteiger partial charge on any atom is 0.116 e. The van der Waals surface area contributed by atoms with Gasteiger partial charge < -0.3 is 31.9 Å². The number of aliphatic hydroxyl groups is 1. The van der Waals surface area contributed by atoms with Crippen molar-refractivity contribution in [2.45, 2.75) is 53.1 Å². The van der Waals surface area contributed by atoms with E-state index >= 15 is 0 Å². The molecule has 0 aliphatic heterocycles. The van der Waals surface area contributed by atoms with Crippen molar-refractivity contribution < 1.29 is 31.9 Å². The molecule has 0 spiro atoms. The van der Waals surface area contributed by atoms with Gasteiger partial charge in [0.15, 0.2) is 0 Å². The van der Waals surface area contributed by atoms with E-state index in [-0.39, 0.29) is 18.5 Å². The molecule has 1 N–H and O–H groups in total. The Kier molecular flexibility index (Phi) is 19.2. The van der Waals surface area contributed by atoms with E-state index in [4.69, 9.17) is 21.5 Å². The summed E-state index contributed by atoms with van der Waals surface area (Å²) >= 11 is 5.70. The van der Waals surface area contributed by atoms with Crippen LogP contribution in [-0.4, -0.2) is 53.7 Å². The Balaban J connectivity index is -0.000000508. The summed E-state index contributed by atoms with van der Waals surface area (Å²) in [5, 5.41) is 18.6. The van der Waals surface area contributed by atoms with E-state index in [1.54, 1.807) is 0 Å². The van der Waals surface area contributed by atoms with E-state index in [9.17, 15) is 5.11 Å². The second kappa shape index (κ2) is 15.4. The zero-order valence-corrected chi connectivity index (χ0v) is 14.7. The Morgan fingerprint density at radius 2 is 1.45 bits per heavy atom. The van der Waals surface area contributed by atoms with Crippen LogP contribution in [0, 0.1) is 0 Å². The van der Waals surface area contributed by atoms with E-state index in [0.717, 1.165) is 37.6 Å². The van der Waals surface area contributed by atoms with Crippen molar-refractivity contribution in [3.8, 4) is 0 Å². The highest BCUT2D eigenvalue weighted by molar-refractivity contribution is 6.18. The molecule has 124 valence electrons. The zero-order valence-electron chi connectivity index (χ0n) is 13.2. The Morgan fingerprint density at radius 1 is 1.15 bits per heavy atom. The van der Waals surface area contributed by atoms with E-state index in [0.29, 0.717) is 5.88 Å². The van der Waals surface area contributed by atoms with Crippen molar-refractivity contribution in [2.24, 2.45) is 0 Å². The molecule has 0 aliphatic carbocycles. The number of nitrogens with zero attached hydrogens (tertiary/aromatic N) is 1. The van der Waals surface area contributed by atoms with Crippen molar-refractivity contribution in [3.05, 3.63) is 0 Å². The number of alkyl halides is 1. The minimum atomic E-state index is -1.08. The molecule has 0 rings (SSSR count). The maximum absolute atomic E-state index is 9.73. The SMILES string of the molecule is CC(=O)[O-].CCC[N+](CCC)(CCC)CC(O)CCl.[Cl-]. The third-order valence-corrected chi connectivity index (χ3v) is 3.23. The molecular weight excluding hydrogens is 301 g/mol. The first-order valence-electron chi connectivity index (χ1n) is 7.14. The number of rotatable bonds is 9. The molecule has 0 aromatic heterocycles. The van der Waals surface area contributed by atoms with Gasteiger partial charge in [-0.2, -0.15) is 0 Å². The molecule has 4 nitrogen and oxygen atoms in total. The molecule has 20 heavy (non-hydrogen) atoms. The average Bonchev–Trinajstić information content (AvgIpc) is 2.29. The maximum atomic E-state index is 9.73. The molecule has 0 bridgehead atoms.